The molecule has 1 N–H and O–H groups in total. The Bertz CT molecular complexity index is 1570. The summed E-state index contributed by atoms with van der Waals surface area (Å²) in [6.45, 7) is 11.8. The zero-order valence-corrected chi connectivity index (χ0v) is 23.5. The monoisotopic (exact) mass is 548 g/mol. The third kappa shape index (κ3) is 5.12. The number of anilines is 2. The minimum atomic E-state index is -1.01. The molecule has 0 aliphatic carbocycles. The Labute approximate surface area is 239 Å². The second kappa shape index (κ2) is 11.0. The van der Waals surface area contributed by atoms with Crippen molar-refractivity contribution in [1.82, 2.24) is 0 Å². The van der Waals surface area contributed by atoms with Gasteiger partial charge in [-0.05, 0) is 84.8 Å². The fourth-order valence-corrected chi connectivity index (χ4v) is 5.86. The van der Waals surface area contributed by atoms with Crippen LogP contribution in [0.25, 0.3) is 0 Å². The average molecular weight is 549 g/mol. The normalized spacial score (nSPS) is 17.1. The number of benzene rings is 3. The fourth-order valence-electron chi connectivity index (χ4n) is 5.86. The number of aliphatic hydroxyl groups is 1. The van der Waals surface area contributed by atoms with Gasteiger partial charge in [-0.3, -0.25) is 19.3 Å². The summed E-state index contributed by atoms with van der Waals surface area (Å²) in [7, 11) is 0. The lowest BCUT2D eigenvalue weighted by atomic mass is 9.82. The number of amides is 3. The Balaban J connectivity index is 1.63. The minimum absolute atomic E-state index is 0.207. The van der Waals surface area contributed by atoms with Crippen molar-refractivity contribution in [3.8, 4) is 5.75 Å². The first kappa shape index (κ1) is 27.8. The molecule has 3 amide bonds. The number of aliphatic hydroxyl groups excluding tert-OH is 1. The van der Waals surface area contributed by atoms with Gasteiger partial charge in [0.15, 0.2) is 6.23 Å². The van der Waals surface area contributed by atoms with E-state index in [-0.39, 0.29) is 23.6 Å². The second-order valence-corrected chi connectivity index (χ2v) is 10.4. The molecule has 7 heteroatoms. The summed E-state index contributed by atoms with van der Waals surface area (Å²) in [5, 5.41) is 10.4. The molecule has 2 unspecified atom stereocenters. The first-order valence-corrected chi connectivity index (χ1v) is 13.4. The topological polar surface area (TPSA) is 87.2 Å². The number of aryl methyl sites for hydroxylation is 4. The summed E-state index contributed by atoms with van der Waals surface area (Å²) in [5.41, 5.74) is 7.62. The Morgan fingerprint density at radius 2 is 1.29 bits per heavy atom. The van der Waals surface area contributed by atoms with Crippen LogP contribution in [0.1, 0.15) is 44.9 Å². The Hall–Kier alpha value is -4.75. The number of hydrogen-bond donors (Lipinski definition) is 1. The molecular weight excluding hydrogens is 516 g/mol. The lowest BCUT2D eigenvalue weighted by Crippen LogP contribution is -2.34. The number of rotatable bonds is 8. The first-order chi connectivity index (χ1) is 19.6. The summed E-state index contributed by atoms with van der Waals surface area (Å²) >= 11 is 0. The maximum Gasteiger partial charge on any atom is 0.258 e. The standard InChI is InChI=1S/C34H32N2O5/c1-6-15-41-27-9-7-24(8-10-27)32(25-16-20(2)33(21(3)17-25)35-28(37)11-12-29(35)38)26-18-22(4)34(23(5)19-26)36-30(39)13-14-31(36)40/h6-14,16-19,28,32,37H,1,15H2,2-5H3. The van der Waals surface area contributed by atoms with Gasteiger partial charge in [0, 0.05) is 24.1 Å². The van der Waals surface area contributed by atoms with E-state index in [0.717, 1.165) is 44.7 Å². The highest BCUT2D eigenvalue weighted by atomic mass is 16.5. The van der Waals surface area contributed by atoms with Crippen LogP contribution in [0.2, 0.25) is 0 Å². The molecule has 0 saturated heterocycles. The number of imide groups is 1. The van der Waals surface area contributed by atoms with Crippen molar-refractivity contribution < 1.29 is 24.2 Å². The number of hydrogen-bond acceptors (Lipinski definition) is 5. The summed E-state index contributed by atoms with van der Waals surface area (Å²) < 4.78 is 5.70. The molecule has 2 aliphatic rings. The molecule has 2 heterocycles. The van der Waals surface area contributed by atoms with Crippen molar-refractivity contribution in [2.24, 2.45) is 0 Å². The molecule has 2 atom stereocenters. The molecule has 0 spiro atoms. The van der Waals surface area contributed by atoms with Crippen molar-refractivity contribution in [3.63, 3.8) is 0 Å². The van der Waals surface area contributed by atoms with Gasteiger partial charge in [-0.15, -0.1) is 0 Å². The van der Waals surface area contributed by atoms with Crippen LogP contribution in [-0.2, 0) is 14.4 Å². The van der Waals surface area contributed by atoms with Crippen molar-refractivity contribution in [3.05, 3.63) is 124 Å². The molecule has 3 aromatic rings. The summed E-state index contributed by atoms with van der Waals surface area (Å²) in [6, 6.07) is 16.0. The smallest absolute Gasteiger partial charge is 0.258 e. The van der Waals surface area contributed by atoms with Crippen LogP contribution in [0.4, 0.5) is 11.4 Å². The molecular formula is C34H32N2O5. The van der Waals surface area contributed by atoms with Gasteiger partial charge in [0.2, 0.25) is 0 Å². The van der Waals surface area contributed by atoms with Gasteiger partial charge >= 0.3 is 0 Å². The zero-order valence-electron chi connectivity index (χ0n) is 23.5. The van der Waals surface area contributed by atoms with E-state index in [1.54, 1.807) is 6.08 Å². The van der Waals surface area contributed by atoms with Crippen molar-refractivity contribution in [2.75, 3.05) is 16.4 Å². The van der Waals surface area contributed by atoms with Gasteiger partial charge in [-0.1, -0.05) is 49.1 Å². The largest absolute Gasteiger partial charge is 0.490 e. The predicted octanol–water partition coefficient (Wildman–Crippen LogP) is 5.32. The SMILES string of the molecule is C=CCOc1ccc(C(c2cc(C)c(N3C(=O)C=CC3=O)c(C)c2)c2cc(C)c(N3C(=O)C=CC3O)c(C)c2)cc1. The van der Waals surface area contributed by atoms with Crippen LogP contribution in [0.3, 0.4) is 0 Å². The van der Waals surface area contributed by atoms with E-state index < -0.39 is 6.23 Å². The van der Waals surface area contributed by atoms with Gasteiger partial charge in [0.05, 0.1) is 11.4 Å². The third-order valence-corrected chi connectivity index (χ3v) is 7.46. The second-order valence-electron chi connectivity index (χ2n) is 10.4. The van der Waals surface area contributed by atoms with Crippen LogP contribution in [0.5, 0.6) is 5.75 Å². The van der Waals surface area contributed by atoms with E-state index in [1.807, 2.05) is 76.2 Å². The van der Waals surface area contributed by atoms with E-state index in [2.05, 4.69) is 6.58 Å². The van der Waals surface area contributed by atoms with Crippen LogP contribution in [-0.4, -0.2) is 35.7 Å². The third-order valence-electron chi connectivity index (χ3n) is 7.46. The van der Waals surface area contributed by atoms with Crippen LogP contribution in [0, 0.1) is 27.7 Å². The van der Waals surface area contributed by atoms with Gasteiger partial charge in [-0.2, -0.15) is 0 Å². The van der Waals surface area contributed by atoms with Gasteiger partial charge in [0.1, 0.15) is 12.4 Å². The van der Waals surface area contributed by atoms with Crippen LogP contribution < -0.4 is 14.5 Å². The number of ether oxygens (including phenoxy) is 1. The number of nitrogens with zero attached hydrogens (tertiary/aromatic N) is 2. The molecule has 0 bridgehead atoms. The molecule has 208 valence electrons. The molecule has 0 aromatic heterocycles. The average Bonchev–Trinajstić information content (AvgIpc) is 3.43. The van der Waals surface area contributed by atoms with E-state index in [0.29, 0.717) is 18.0 Å². The molecule has 0 saturated carbocycles. The first-order valence-electron chi connectivity index (χ1n) is 13.4. The summed E-state index contributed by atoms with van der Waals surface area (Å²) in [4.78, 5) is 40.1. The van der Waals surface area contributed by atoms with E-state index in [1.165, 1.54) is 34.1 Å². The lowest BCUT2D eigenvalue weighted by Gasteiger charge is -2.28. The van der Waals surface area contributed by atoms with Gasteiger partial charge in [-0.25, -0.2) is 4.90 Å². The highest BCUT2D eigenvalue weighted by Crippen LogP contribution is 2.40. The van der Waals surface area contributed by atoms with E-state index in [9.17, 15) is 19.5 Å². The number of carbonyl (C=O) groups is 3. The molecule has 2 aliphatic heterocycles. The lowest BCUT2D eigenvalue weighted by molar-refractivity contribution is -0.120. The maximum absolute atomic E-state index is 12.5. The van der Waals surface area contributed by atoms with Crippen molar-refractivity contribution in [2.45, 2.75) is 39.8 Å². The molecule has 7 nitrogen and oxygen atoms in total. The highest BCUT2D eigenvalue weighted by molar-refractivity contribution is 6.28. The van der Waals surface area contributed by atoms with Crippen LogP contribution >= 0.6 is 0 Å². The van der Waals surface area contributed by atoms with Crippen molar-refractivity contribution >= 4 is 29.1 Å². The van der Waals surface area contributed by atoms with Gasteiger partial charge in [0.25, 0.3) is 17.7 Å². The van der Waals surface area contributed by atoms with E-state index in [4.69, 9.17) is 4.74 Å². The maximum atomic E-state index is 12.5. The Morgan fingerprint density at radius 3 is 1.76 bits per heavy atom. The molecule has 41 heavy (non-hydrogen) atoms. The van der Waals surface area contributed by atoms with Crippen molar-refractivity contribution in [1.29, 1.82) is 0 Å². The molecule has 0 radical (unpaired) electrons. The summed E-state index contributed by atoms with van der Waals surface area (Å²) in [5.74, 6) is -0.441. The summed E-state index contributed by atoms with van der Waals surface area (Å²) in [6.07, 6.45) is 6.13. The van der Waals surface area contributed by atoms with Crippen LogP contribution in [0.15, 0.2) is 85.5 Å². The molecule has 0 fully saturated rings. The Morgan fingerprint density at radius 1 is 0.780 bits per heavy atom. The molecule has 5 rings (SSSR count). The van der Waals surface area contributed by atoms with E-state index >= 15 is 0 Å². The fraction of sp³-hybridized carbons (Fsp3) is 0.206. The number of carbonyl (C=O) groups excluding carboxylic acids is 3. The minimum Gasteiger partial charge on any atom is -0.490 e. The quantitative estimate of drug-likeness (QED) is 0.234. The Kier molecular flexibility index (Phi) is 7.47. The zero-order chi connectivity index (χ0) is 29.4. The predicted molar refractivity (Wildman–Crippen MR) is 159 cm³/mol. The molecule has 3 aromatic carbocycles. The highest BCUT2D eigenvalue weighted by Gasteiger charge is 2.31. The van der Waals surface area contributed by atoms with Gasteiger partial charge < -0.3 is 9.84 Å².